The minimum absolute atomic E-state index is 0.205. The van der Waals surface area contributed by atoms with Crippen LogP contribution in [0.25, 0.3) is 0 Å². The van der Waals surface area contributed by atoms with Gasteiger partial charge in [-0.15, -0.1) is 0 Å². The van der Waals surface area contributed by atoms with Gasteiger partial charge in [0.25, 0.3) is 0 Å². The maximum atomic E-state index is 5.26. The summed E-state index contributed by atoms with van der Waals surface area (Å²) >= 11 is 5.26. The van der Waals surface area contributed by atoms with Crippen molar-refractivity contribution in [2.24, 2.45) is 5.92 Å². The molecule has 0 radical (unpaired) electrons. The molecule has 8 heavy (non-hydrogen) atoms. The molecule has 0 rings (SSSR count). The summed E-state index contributed by atoms with van der Waals surface area (Å²) in [6, 6.07) is 0.205. The van der Waals surface area contributed by atoms with Crippen molar-refractivity contribution in [1.29, 1.82) is 0 Å². The molecular weight excluding hydrogens is 124 g/mol. The minimum atomic E-state index is 0.205. The van der Waals surface area contributed by atoms with E-state index in [4.69, 9.17) is 16.3 Å². The van der Waals surface area contributed by atoms with Crippen LogP contribution in [0.4, 0.5) is 0 Å². The van der Waals surface area contributed by atoms with Crippen LogP contribution in [0.3, 0.4) is 0 Å². The van der Waals surface area contributed by atoms with Crippen LogP contribution in [0.1, 0.15) is 13.8 Å². The zero-order valence-electron chi connectivity index (χ0n) is 5.28. The molecule has 0 bridgehead atoms. The molecule has 0 heterocycles. The second-order valence-electron chi connectivity index (χ2n) is 1.87. The van der Waals surface area contributed by atoms with Gasteiger partial charge in [-0.05, 0) is 0 Å². The molecule has 0 amide bonds. The highest BCUT2D eigenvalue weighted by Crippen LogP contribution is 2.07. The quantitative estimate of drug-likeness (QED) is 0.425. The highest BCUT2D eigenvalue weighted by atomic mass is 35.5. The van der Waals surface area contributed by atoms with Gasteiger partial charge in [-0.2, -0.15) is 0 Å². The molecule has 0 aromatic carbocycles. The van der Waals surface area contributed by atoms with Crippen LogP contribution in [0.5, 0.6) is 0 Å². The second kappa shape index (κ2) is 3.79. The van der Waals surface area contributed by atoms with E-state index in [1.165, 1.54) is 0 Å². The fourth-order valence-corrected chi connectivity index (χ4v) is 0.377. The standard InChI is InChI=1S/C6H11ClO/c1-5(2)6(3)8-4-7/h5H,3-4H2,1-2H3. The summed E-state index contributed by atoms with van der Waals surface area (Å²) in [4.78, 5) is 0. The predicted molar refractivity (Wildman–Crippen MR) is 35.8 cm³/mol. The van der Waals surface area contributed by atoms with Crippen LogP contribution in [0.2, 0.25) is 0 Å². The van der Waals surface area contributed by atoms with Gasteiger partial charge < -0.3 is 4.74 Å². The third kappa shape index (κ3) is 2.92. The van der Waals surface area contributed by atoms with Crippen LogP contribution in [0, 0.1) is 5.92 Å². The van der Waals surface area contributed by atoms with E-state index in [1.54, 1.807) is 0 Å². The molecular formula is C6H11ClO. The first-order valence-corrected chi connectivity index (χ1v) is 3.09. The summed E-state index contributed by atoms with van der Waals surface area (Å²) < 4.78 is 4.87. The first kappa shape index (κ1) is 7.83. The van der Waals surface area contributed by atoms with E-state index in [2.05, 4.69) is 6.58 Å². The Labute approximate surface area is 55.3 Å². The Balaban J connectivity index is 3.33. The molecule has 0 aromatic rings. The number of allylic oxidation sites excluding steroid dienone is 1. The molecule has 0 saturated heterocycles. The number of rotatable bonds is 3. The number of halogens is 1. The van der Waals surface area contributed by atoms with E-state index in [1.807, 2.05) is 13.8 Å². The molecule has 0 N–H and O–H groups in total. The molecule has 0 unspecified atom stereocenters. The predicted octanol–water partition coefficient (Wildman–Crippen LogP) is 2.37. The third-order valence-corrected chi connectivity index (χ3v) is 0.993. The lowest BCUT2D eigenvalue weighted by atomic mass is 10.2. The van der Waals surface area contributed by atoms with Crippen LogP contribution >= 0.6 is 11.6 Å². The van der Waals surface area contributed by atoms with Gasteiger partial charge in [0.15, 0.2) is 6.07 Å². The summed E-state index contributed by atoms with van der Waals surface area (Å²) in [6.45, 7) is 7.65. The number of alkyl halides is 1. The van der Waals surface area contributed by atoms with Gasteiger partial charge in [0.1, 0.15) is 0 Å². The smallest absolute Gasteiger partial charge is 0.161 e. The van der Waals surface area contributed by atoms with Crippen molar-refractivity contribution in [3.8, 4) is 0 Å². The lowest BCUT2D eigenvalue weighted by Crippen LogP contribution is -1.95. The van der Waals surface area contributed by atoms with Crippen molar-refractivity contribution in [1.82, 2.24) is 0 Å². The average molecular weight is 135 g/mol. The van der Waals surface area contributed by atoms with Gasteiger partial charge in [0.05, 0.1) is 5.76 Å². The second-order valence-corrected chi connectivity index (χ2v) is 2.09. The maximum absolute atomic E-state index is 5.26. The zero-order valence-corrected chi connectivity index (χ0v) is 6.03. The van der Waals surface area contributed by atoms with Crippen LogP contribution in [0.15, 0.2) is 12.3 Å². The SMILES string of the molecule is C=C(OCCl)C(C)C. The molecule has 0 spiro atoms. The van der Waals surface area contributed by atoms with Crippen LogP contribution < -0.4 is 0 Å². The van der Waals surface area contributed by atoms with Crippen molar-refractivity contribution < 1.29 is 4.74 Å². The number of hydrogen-bond acceptors (Lipinski definition) is 1. The van der Waals surface area contributed by atoms with Gasteiger partial charge in [0, 0.05) is 5.92 Å². The molecule has 0 aromatic heterocycles. The van der Waals surface area contributed by atoms with Gasteiger partial charge >= 0.3 is 0 Å². The van der Waals surface area contributed by atoms with Crippen molar-refractivity contribution in [2.75, 3.05) is 6.07 Å². The highest BCUT2D eigenvalue weighted by molar-refractivity contribution is 6.17. The van der Waals surface area contributed by atoms with E-state index in [0.29, 0.717) is 5.92 Å². The molecule has 0 aliphatic heterocycles. The van der Waals surface area contributed by atoms with Gasteiger partial charge in [-0.3, -0.25) is 0 Å². The van der Waals surface area contributed by atoms with E-state index in [9.17, 15) is 0 Å². The zero-order chi connectivity index (χ0) is 6.57. The number of ether oxygens (including phenoxy) is 1. The lowest BCUT2D eigenvalue weighted by Gasteiger charge is -2.07. The first-order chi connectivity index (χ1) is 3.68. The van der Waals surface area contributed by atoms with E-state index >= 15 is 0 Å². The van der Waals surface area contributed by atoms with E-state index in [-0.39, 0.29) is 6.07 Å². The van der Waals surface area contributed by atoms with Gasteiger partial charge in [-0.1, -0.05) is 32.0 Å². The van der Waals surface area contributed by atoms with Gasteiger partial charge in [0.2, 0.25) is 0 Å². The van der Waals surface area contributed by atoms with E-state index in [0.717, 1.165) is 5.76 Å². The van der Waals surface area contributed by atoms with Crippen molar-refractivity contribution in [3.05, 3.63) is 12.3 Å². The molecule has 0 atom stereocenters. The molecule has 2 heteroatoms. The lowest BCUT2D eigenvalue weighted by molar-refractivity contribution is 0.236. The summed E-state index contributed by atoms with van der Waals surface area (Å²) in [5, 5.41) is 0. The summed E-state index contributed by atoms with van der Waals surface area (Å²) in [5.41, 5.74) is 0. The Bertz CT molecular complexity index is 78.6. The Kier molecular flexibility index (Phi) is 3.71. The summed E-state index contributed by atoms with van der Waals surface area (Å²) in [7, 11) is 0. The normalized spacial score (nSPS) is 9.50. The van der Waals surface area contributed by atoms with Crippen molar-refractivity contribution in [2.45, 2.75) is 13.8 Å². The van der Waals surface area contributed by atoms with Crippen molar-refractivity contribution in [3.63, 3.8) is 0 Å². The highest BCUT2D eigenvalue weighted by Gasteiger charge is 1.97. The minimum Gasteiger partial charge on any atom is -0.483 e. The molecule has 0 fully saturated rings. The Morgan fingerprint density at radius 1 is 1.75 bits per heavy atom. The monoisotopic (exact) mass is 134 g/mol. The number of hydrogen-bond donors (Lipinski definition) is 0. The maximum Gasteiger partial charge on any atom is 0.161 e. The first-order valence-electron chi connectivity index (χ1n) is 2.56. The molecule has 0 saturated carbocycles. The molecule has 48 valence electrons. The topological polar surface area (TPSA) is 9.23 Å². The fraction of sp³-hybridized carbons (Fsp3) is 0.667. The Morgan fingerprint density at radius 2 is 2.25 bits per heavy atom. The van der Waals surface area contributed by atoms with E-state index < -0.39 is 0 Å². The Morgan fingerprint density at radius 3 is 2.38 bits per heavy atom. The van der Waals surface area contributed by atoms with Crippen molar-refractivity contribution >= 4 is 11.6 Å². The van der Waals surface area contributed by atoms with Crippen LogP contribution in [-0.2, 0) is 4.74 Å². The molecule has 1 nitrogen and oxygen atoms in total. The summed E-state index contributed by atoms with van der Waals surface area (Å²) in [5.74, 6) is 1.12. The average Bonchev–Trinajstić information content (AvgIpc) is 1.67. The largest absolute Gasteiger partial charge is 0.483 e. The van der Waals surface area contributed by atoms with Crippen LogP contribution in [-0.4, -0.2) is 6.07 Å². The Hall–Kier alpha value is -0.170. The van der Waals surface area contributed by atoms with Gasteiger partial charge in [-0.25, -0.2) is 0 Å². The molecule has 0 aliphatic rings. The fourth-order valence-electron chi connectivity index (χ4n) is 0.237. The molecule has 0 aliphatic carbocycles. The third-order valence-electron chi connectivity index (χ3n) is 0.884. The summed E-state index contributed by atoms with van der Waals surface area (Å²) in [6.07, 6.45) is 0.